The number of anilines is 1. The van der Waals surface area contributed by atoms with Crippen LogP contribution in [0.25, 0.3) is 22.6 Å². The zero-order chi connectivity index (χ0) is 66.9. The summed E-state index contributed by atoms with van der Waals surface area (Å²) < 4.78 is 18.2. The van der Waals surface area contributed by atoms with E-state index in [1.54, 1.807) is 62.3 Å². The molecule has 0 saturated carbocycles. The second-order valence-corrected chi connectivity index (χ2v) is 24.8. The fourth-order valence-corrected chi connectivity index (χ4v) is 11.2. The van der Waals surface area contributed by atoms with Crippen molar-refractivity contribution in [2.45, 2.75) is 150 Å². The van der Waals surface area contributed by atoms with Gasteiger partial charge in [-0.1, -0.05) is 61.5 Å². The highest BCUT2D eigenvalue weighted by Gasteiger charge is 2.47. The first-order valence-electron chi connectivity index (χ1n) is 29.4. The maximum atomic E-state index is 15.2. The van der Waals surface area contributed by atoms with Crippen LogP contribution in [0.1, 0.15) is 108 Å². The Bertz CT molecular complexity index is 3360. The predicted molar refractivity (Wildman–Crippen MR) is 320 cm³/mol. The Balaban J connectivity index is 1.48. The van der Waals surface area contributed by atoms with Crippen LogP contribution < -0.4 is 32.4 Å². The van der Waals surface area contributed by atoms with E-state index in [2.05, 4.69) is 21.3 Å². The zero-order valence-corrected chi connectivity index (χ0v) is 53.5. The van der Waals surface area contributed by atoms with Gasteiger partial charge in [0, 0.05) is 53.8 Å². The van der Waals surface area contributed by atoms with Gasteiger partial charge in [-0.05, 0) is 63.0 Å². The highest BCUT2D eigenvalue weighted by molar-refractivity contribution is 6.10. The molecule has 3 unspecified atom stereocenters. The number of amides is 10. The van der Waals surface area contributed by atoms with E-state index in [0.29, 0.717) is 5.56 Å². The monoisotopic (exact) mass is 1240 g/mol. The number of hydrogen-bond donors (Lipinski definition) is 6. The molecule has 89 heavy (non-hydrogen) atoms. The number of aromatic nitrogens is 1. The number of benzene rings is 2. The first kappa shape index (κ1) is 69.3. The molecule has 0 aromatic heterocycles. The lowest BCUT2D eigenvalue weighted by Gasteiger charge is -2.36. The summed E-state index contributed by atoms with van der Waals surface area (Å²) in [6.07, 6.45) is -4.50. The van der Waals surface area contributed by atoms with Crippen LogP contribution in [-0.2, 0) is 57.4 Å². The van der Waals surface area contributed by atoms with Crippen LogP contribution >= 0.6 is 0 Å². The fourth-order valence-electron chi connectivity index (χ4n) is 11.2. The zero-order valence-electron chi connectivity index (χ0n) is 53.5. The van der Waals surface area contributed by atoms with Gasteiger partial charge in [-0.15, -0.1) is 0 Å². The van der Waals surface area contributed by atoms with Crippen LogP contribution in [0.4, 0.5) is 5.69 Å². The van der Waals surface area contributed by atoms with E-state index in [1.165, 1.54) is 68.1 Å². The molecular weight excluding hydrogens is 1160 g/mol. The first-order valence-corrected chi connectivity index (χ1v) is 29.4. The fraction of sp³-hybridized carbons (Fsp3) is 0.600. The van der Waals surface area contributed by atoms with Crippen LogP contribution in [0.5, 0.6) is 0 Å². The third kappa shape index (κ3) is 14.6. The third-order valence-corrected chi connectivity index (χ3v) is 16.5. The van der Waals surface area contributed by atoms with Crippen molar-refractivity contribution in [2.75, 3.05) is 67.2 Å². The predicted octanol–water partition coefficient (Wildman–Crippen LogP) is -0.836. The summed E-state index contributed by atoms with van der Waals surface area (Å²) in [6, 6.07) is -7.56. The standard InChI is InChI=1S/C60H84N12O17/c1-25(2)41-57(83)69(15)22-36(74)67(13)23-37(75)70(16)47(27(5)6)59(85)87-31(11)43(54(80)63-41)65-52(78)34-19-18-29(9)50-45(34)62-46-39(40(61)49(77)30(10)51(46)89-50)53(79)66-44-32(12)88-60(86)48(28(7)8)71(17)38(76)24-68(14)56(82)35-20-33(73)21-72(35)58(84)42(26(3)4)64-55(44)81/h18-19,25-28,31-33,35,41-44,47-48,73H,20-24,61H2,1-17H3,(H,63,80)(H,64,81)(H,65,78)(H,66,79)/t31-,32-,33-,35+,41?,42-,43?,44+,47?,48+/m1/s1. The molecule has 4 aliphatic heterocycles. The van der Waals surface area contributed by atoms with Crippen LogP contribution in [-0.4, -0.2) is 233 Å². The summed E-state index contributed by atoms with van der Waals surface area (Å²) in [5.41, 5.74) is 3.30. The molecule has 10 atom stereocenters. The molecule has 6 rings (SSSR count). The number of nitrogens with two attached hydrogens (primary N) is 1. The number of cyclic esters (lactones) is 2. The minimum Gasteiger partial charge on any atom is -0.458 e. The molecule has 1 aromatic carbocycles. The van der Waals surface area contributed by atoms with Gasteiger partial charge < -0.3 is 75.4 Å². The van der Waals surface area contributed by atoms with Crippen LogP contribution in [0.3, 0.4) is 0 Å². The number of aliphatic hydroxyl groups excluding tert-OH is 1. The molecule has 1 aromatic rings. The second kappa shape index (κ2) is 27.7. The molecule has 1 aliphatic carbocycles. The molecule has 0 radical (unpaired) electrons. The average Bonchev–Trinajstić information content (AvgIpc) is 1.64. The van der Waals surface area contributed by atoms with Crippen molar-refractivity contribution in [3.63, 3.8) is 0 Å². The van der Waals surface area contributed by atoms with E-state index in [1.807, 2.05) is 0 Å². The molecular formula is C60H84N12O17. The number of nitrogens with zero attached hydrogens (tertiary/aromatic N) is 7. The lowest BCUT2D eigenvalue weighted by Crippen LogP contribution is -2.61. The van der Waals surface area contributed by atoms with Gasteiger partial charge in [-0.2, -0.15) is 0 Å². The molecule has 3 saturated heterocycles. The number of carbonyl (C=O) groups excluding carboxylic acids is 12. The number of aliphatic hydroxyl groups is 1. The van der Waals surface area contributed by atoms with Gasteiger partial charge >= 0.3 is 11.9 Å². The highest BCUT2D eigenvalue weighted by Crippen LogP contribution is 2.35. The van der Waals surface area contributed by atoms with Crippen LogP contribution in [0.15, 0.2) is 21.3 Å². The minimum atomic E-state index is -1.94. The lowest BCUT2D eigenvalue weighted by molar-refractivity contribution is -0.163. The quantitative estimate of drug-likeness (QED) is 0.0910. The summed E-state index contributed by atoms with van der Waals surface area (Å²) in [7, 11) is 6.71. The smallest absolute Gasteiger partial charge is 0.329 e. The molecule has 29 heteroatoms. The number of aryl methyl sites for hydroxylation is 1. The van der Waals surface area contributed by atoms with Crippen molar-refractivity contribution in [2.24, 2.45) is 23.7 Å². The van der Waals surface area contributed by atoms with Gasteiger partial charge in [0.2, 0.25) is 52.7 Å². The summed E-state index contributed by atoms with van der Waals surface area (Å²) >= 11 is 0. The first-order chi connectivity index (χ1) is 41.4. The average molecular weight is 1250 g/mol. The van der Waals surface area contributed by atoms with Gasteiger partial charge in [0.25, 0.3) is 11.8 Å². The van der Waals surface area contributed by atoms with E-state index >= 15 is 4.79 Å². The molecule has 10 amide bonds. The number of esters is 2. The lowest BCUT2D eigenvalue weighted by atomic mass is 9.98. The van der Waals surface area contributed by atoms with E-state index in [-0.39, 0.29) is 41.0 Å². The summed E-state index contributed by atoms with van der Waals surface area (Å²) in [5.74, 6) is -13.4. The van der Waals surface area contributed by atoms with Crippen molar-refractivity contribution in [1.82, 2.24) is 55.7 Å². The number of fused-ring (bicyclic) bond motifs is 3. The van der Waals surface area contributed by atoms with Crippen molar-refractivity contribution in [3.8, 4) is 11.5 Å². The SMILES string of the molecule is Cc1c2oc3c(C)ccc(C(=O)NC4C(=O)NC(C(C)C)C(=O)N(C)CC(=O)N(C)CC(=O)N(C)C(C(C)C)C(=O)O[C@@H]4C)c3nc-2c(C(=O)N[C@@H]2C(=O)N[C@H](C(C)C)C(=O)N3C[C@H](O)C[C@H]3C(=O)N(C)CC(=O)N(C)[C@@H](C(C)C)C(=O)O[C@@H]2C)c(N)c1=O. The number of ether oxygens (including phenoxy) is 2. The number of likely N-dealkylation sites (N-methyl/N-ethyl adjacent to an activating group) is 5. The molecule has 5 aliphatic rings. The number of hydrogen-bond acceptors (Lipinski definition) is 19. The van der Waals surface area contributed by atoms with Crippen LogP contribution in [0, 0.1) is 37.5 Å². The van der Waals surface area contributed by atoms with Crippen molar-refractivity contribution in [1.29, 1.82) is 0 Å². The van der Waals surface area contributed by atoms with E-state index in [4.69, 9.17) is 24.6 Å². The Labute approximate surface area is 515 Å². The Kier molecular flexibility index (Phi) is 21.6. The summed E-state index contributed by atoms with van der Waals surface area (Å²) in [5, 5.41) is 21.2. The normalized spacial score (nSPS) is 25.8. The highest BCUT2D eigenvalue weighted by atomic mass is 16.6. The van der Waals surface area contributed by atoms with Crippen molar-refractivity contribution < 1.29 is 76.5 Å². The van der Waals surface area contributed by atoms with E-state index < -0.39 is 197 Å². The molecule has 4 heterocycles. The molecule has 7 N–H and O–H groups in total. The second-order valence-electron chi connectivity index (χ2n) is 24.8. The van der Waals surface area contributed by atoms with Crippen molar-refractivity contribution in [3.05, 3.63) is 44.6 Å². The molecule has 0 bridgehead atoms. The van der Waals surface area contributed by atoms with Crippen LogP contribution in [0.2, 0.25) is 0 Å². The largest absolute Gasteiger partial charge is 0.458 e. The Morgan fingerprint density at radius 1 is 0.640 bits per heavy atom. The van der Waals surface area contributed by atoms with Crippen molar-refractivity contribution >= 4 is 87.8 Å². The molecule has 3 fully saturated rings. The number of rotatable bonds is 8. The van der Waals surface area contributed by atoms with Gasteiger partial charge in [-0.25, -0.2) is 14.6 Å². The summed E-state index contributed by atoms with van der Waals surface area (Å²) in [4.78, 5) is 197. The number of nitrogen functional groups attached to an aromatic ring is 1. The van der Waals surface area contributed by atoms with E-state index in [0.717, 1.165) is 29.4 Å². The summed E-state index contributed by atoms with van der Waals surface area (Å²) in [6.45, 7) is 16.7. The topological polar surface area (TPSA) is 380 Å². The molecule has 0 spiro atoms. The van der Waals surface area contributed by atoms with Gasteiger partial charge in [0.15, 0.2) is 11.3 Å². The minimum absolute atomic E-state index is 0.0991. The van der Waals surface area contributed by atoms with E-state index in [9.17, 15) is 62.6 Å². The number of nitrogens with one attached hydrogen (secondary N) is 4. The van der Waals surface area contributed by atoms with Gasteiger partial charge in [0.05, 0.1) is 42.6 Å². The molecule has 486 valence electrons. The Hall–Kier alpha value is -8.76. The van der Waals surface area contributed by atoms with Gasteiger partial charge in [0.1, 0.15) is 65.7 Å². The molecule has 29 nitrogen and oxygen atoms in total. The maximum absolute atomic E-state index is 15.2. The Morgan fingerprint density at radius 2 is 1.10 bits per heavy atom. The maximum Gasteiger partial charge on any atom is 0.329 e. The number of carbonyl (C=O) groups is 12. The third-order valence-electron chi connectivity index (χ3n) is 16.5. The Morgan fingerprint density at radius 3 is 1.60 bits per heavy atom. The van der Waals surface area contributed by atoms with Gasteiger partial charge in [-0.3, -0.25) is 52.7 Å².